The number of sulfonamides is 1. The van der Waals surface area contributed by atoms with Gasteiger partial charge in [0.1, 0.15) is 0 Å². The molecule has 0 saturated carbocycles. The number of carbonyl (C=O) groups is 2. The summed E-state index contributed by atoms with van der Waals surface area (Å²) in [5.74, 6) is -0.421. The van der Waals surface area contributed by atoms with Crippen LogP contribution in [0.2, 0.25) is 0 Å². The molecule has 7 nitrogen and oxygen atoms in total. The molecule has 0 aliphatic carbocycles. The summed E-state index contributed by atoms with van der Waals surface area (Å²) in [5.41, 5.74) is 2.36. The molecule has 1 heterocycles. The molecule has 3 rings (SSSR count). The lowest BCUT2D eigenvalue weighted by atomic mass is 9.96. The van der Waals surface area contributed by atoms with Crippen LogP contribution in [-0.4, -0.2) is 44.8 Å². The highest BCUT2D eigenvalue weighted by Crippen LogP contribution is 2.23. The first-order valence-electron chi connectivity index (χ1n) is 11.5. The van der Waals surface area contributed by atoms with E-state index >= 15 is 0 Å². The largest absolute Gasteiger partial charge is 0.356 e. The number of nitrogens with one attached hydrogen (secondary N) is 2. The molecule has 2 aromatic carbocycles. The number of amides is 2. The molecule has 1 aliphatic heterocycles. The van der Waals surface area contributed by atoms with Gasteiger partial charge >= 0.3 is 0 Å². The maximum Gasteiger partial charge on any atom is 0.262 e. The second-order valence-corrected chi connectivity index (χ2v) is 10.3. The fourth-order valence-corrected chi connectivity index (χ4v) is 5.39. The van der Waals surface area contributed by atoms with Crippen LogP contribution in [0.3, 0.4) is 0 Å². The van der Waals surface area contributed by atoms with E-state index in [0.717, 1.165) is 31.2 Å². The normalized spacial score (nSPS) is 16.3. The van der Waals surface area contributed by atoms with Gasteiger partial charge in [-0.05, 0) is 62.9 Å². The molecular weight excluding hydrogens is 438 g/mol. The molecule has 2 N–H and O–H groups in total. The van der Waals surface area contributed by atoms with E-state index < -0.39 is 10.0 Å². The van der Waals surface area contributed by atoms with E-state index in [1.54, 1.807) is 48.2 Å². The molecule has 2 amide bonds. The summed E-state index contributed by atoms with van der Waals surface area (Å²) >= 11 is 0. The van der Waals surface area contributed by atoms with Crippen LogP contribution in [0.1, 0.15) is 54.1 Å². The van der Waals surface area contributed by atoms with Crippen LogP contribution in [-0.2, 0) is 14.8 Å². The lowest BCUT2D eigenvalue weighted by Gasteiger charge is -2.32. The van der Waals surface area contributed by atoms with Crippen molar-refractivity contribution in [1.82, 2.24) is 10.2 Å². The number of aryl methyl sites for hydroxylation is 2. The van der Waals surface area contributed by atoms with E-state index in [0.29, 0.717) is 36.4 Å². The van der Waals surface area contributed by atoms with Gasteiger partial charge in [0.25, 0.3) is 15.9 Å². The predicted molar refractivity (Wildman–Crippen MR) is 130 cm³/mol. The number of benzene rings is 2. The Bertz CT molecular complexity index is 1110. The third-order valence-corrected chi connectivity index (χ3v) is 7.43. The Morgan fingerprint density at radius 2 is 1.91 bits per heavy atom. The third-order valence-electron chi connectivity index (χ3n) is 5.89. The van der Waals surface area contributed by atoms with Crippen LogP contribution in [0.5, 0.6) is 0 Å². The molecule has 1 saturated heterocycles. The smallest absolute Gasteiger partial charge is 0.262 e. The monoisotopic (exact) mass is 471 g/mol. The zero-order valence-electron chi connectivity index (χ0n) is 19.6. The number of unbranched alkanes of at least 4 members (excludes halogenated alkanes) is 1. The number of likely N-dealkylation sites (tertiary alicyclic amines) is 1. The summed E-state index contributed by atoms with van der Waals surface area (Å²) in [5, 5.41) is 2.96. The van der Waals surface area contributed by atoms with Gasteiger partial charge in [0.2, 0.25) is 5.91 Å². The van der Waals surface area contributed by atoms with Gasteiger partial charge in [0, 0.05) is 30.9 Å². The Labute approximate surface area is 196 Å². The van der Waals surface area contributed by atoms with Crippen LogP contribution >= 0.6 is 0 Å². The molecule has 0 aromatic heterocycles. The molecule has 0 spiro atoms. The maximum absolute atomic E-state index is 13.1. The van der Waals surface area contributed by atoms with Crippen LogP contribution in [0.15, 0.2) is 47.4 Å². The molecule has 0 bridgehead atoms. The number of anilines is 1. The first-order valence-corrected chi connectivity index (χ1v) is 13.0. The highest BCUT2D eigenvalue weighted by molar-refractivity contribution is 7.92. The summed E-state index contributed by atoms with van der Waals surface area (Å²) in [6.07, 6.45) is 3.47. The number of piperidine rings is 1. The minimum absolute atomic E-state index is 0.00377. The standard InChI is InChI=1S/C25H33N3O4S/c1-4-5-13-26-24(29)21-9-7-14-28(17-21)25(30)20-8-6-10-22(16-20)27-33(31,32)23-12-11-18(2)15-19(23)3/h6,8,10-12,15-16,21,27H,4-5,7,9,13-14,17H2,1-3H3,(H,26,29)/t21-/m0/s1. The number of nitrogens with zero attached hydrogens (tertiary/aromatic N) is 1. The minimum atomic E-state index is -3.79. The highest BCUT2D eigenvalue weighted by atomic mass is 32.2. The number of carbonyl (C=O) groups excluding carboxylic acids is 2. The van der Waals surface area contributed by atoms with Crippen LogP contribution in [0.4, 0.5) is 5.69 Å². The molecule has 178 valence electrons. The van der Waals surface area contributed by atoms with Gasteiger partial charge in [0.05, 0.1) is 10.8 Å². The van der Waals surface area contributed by atoms with Crippen molar-refractivity contribution < 1.29 is 18.0 Å². The van der Waals surface area contributed by atoms with Crippen molar-refractivity contribution in [2.45, 2.75) is 51.3 Å². The topological polar surface area (TPSA) is 95.6 Å². The summed E-state index contributed by atoms with van der Waals surface area (Å²) in [6.45, 7) is 7.34. The summed E-state index contributed by atoms with van der Waals surface area (Å²) in [6, 6.07) is 11.7. The fourth-order valence-electron chi connectivity index (χ4n) is 4.12. The van der Waals surface area contributed by atoms with Gasteiger partial charge in [-0.15, -0.1) is 0 Å². The molecule has 8 heteroatoms. The van der Waals surface area contributed by atoms with Crippen molar-refractivity contribution in [3.8, 4) is 0 Å². The maximum atomic E-state index is 13.1. The Morgan fingerprint density at radius 3 is 2.64 bits per heavy atom. The van der Waals surface area contributed by atoms with E-state index in [9.17, 15) is 18.0 Å². The molecule has 1 fully saturated rings. The Morgan fingerprint density at radius 1 is 1.12 bits per heavy atom. The van der Waals surface area contributed by atoms with Crippen molar-refractivity contribution in [2.24, 2.45) is 5.92 Å². The zero-order chi connectivity index (χ0) is 24.0. The van der Waals surface area contributed by atoms with Crippen LogP contribution in [0, 0.1) is 19.8 Å². The average Bonchev–Trinajstić information content (AvgIpc) is 2.78. The molecule has 0 unspecified atom stereocenters. The van der Waals surface area contributed by atoms with Crippen molar-refractivity contribution in [2.75, 3.05) is 24.4 Å². The van der Waals surface area contributed by atoms with E-state index in [-0.39, 0.29) is 22.6 Å². The lowest BCUT2D eigenvalue weighted by Crippen LogP contribution is -2.45. The van der Waals surface area contributed by atoms with Gasteiger partial charge in [-0.25, -0.2) is 8.42 Å². The summed E-state index contributed by atoms with van der Waals surface area (Å²) in [4.78, 5) is 27.5. The number of hydrogen-bond acceptors (Lipinski definition) is 4. The van der Waals surface area contributed by atoms with E-state index in [2.05, 4.69) is 17.0 Å². The molecule has 33 heavy (non-hydrogen) atoms. The van der Waals surface area contributed by atoms with E-state index in [1.807, 2.05) is 13.0 Å². The third kappa shape index (κ3) is 6.35. The van der Waals surface area contributed by atoms with Crippen LogP contribution in [0.25, 0.3) is 0 Å². The predicted octanol–water partition coefficient (Wildman–Crippen LogP) is 3.87. The lowest BCUT2D eigenvalue weighted by molar-refractivity contribution is -0.126. The van der Waals surface area contributed by atoms with E-state index in [4.69, 9.17) is 0 Å². The first kappa shape index (κ1) is 24.8. The molecule has 1 aliphatic rings. The summed E-state index contributed by atoms with van der Waals surface area (Å²) in [7, 11) is -3.79. The second kappa shape index (κ2) is 10.8. The molecule has 1 atom stereocenters. The van der Waals surface area contributed by atoms with Gasteiger partial charge in [-0.2, -0.15) is 0 Å². The van der Waals surface area contributed by atoms with Crippen LogP contribution < -0.4 is 10.0 Å². The quantitative estimate of drug-likeness (QED) is 0.571. The van der Waals surface area contributed by atoms with Gasteiger partial charge in [-0.3, -0.25) is 14.3 Å². The molecular formula is C25H33N3O4S. The SMILES string of the molecule is CCCCNC(=O)[C@H]1CCCN(C(=O)c2cccc(NS(=O)(=O)c3ccc(C)cc3C)c2)C1. The number of hydrogen-bond donors (Lipinski definition) is 2. The van der Waals surface area contributed by atoms with Gasteiger partial charge in [0.15, 0.2) is 0 Å². The van der Waals surface area contributed by atoms with Crippen molar-refractivity contribution in [1.29, 1.82) is 0 Å². The highest BCUT2D eigenvalue weighted by Gasteiger charge is 2.29. The van der Waals surface area contributed by atoms with Gasteiger partial charge < -0.3 is 10.2 Å². The summed E-state index contributed by atoms with van der Waals surface area (Å²) < 4.78 is 28.4. The Kier molecular flexibility index (Phi) is 8.13. The average molecular weight is 472 g/mol. The first-order chi connectivity index (χ1) is 15.7. The van der Waals surface area contributed by atoms with E-state index in [1.165, 1.54) is 0 Å². The Hall–Kier alpha value is -2.87. The minimum Gasteiger partial charge on any atom is -0.356 e. The van der Waals surface area contributed by atoms with Gasteiger partial charge in [-0.1, -0.05) is 37.1 Å². The zero-order valence-corrected chi connectivity index (χ0v) is 20.4. The van der Waals surface area contributed by atoms with Crippen molar-refractivity contribution in [3.63, 3.8) is 0 Å². The molecule has 0 radical (unpaired) electrons. The van der Waals surface area contributed by atoms with Crippen molar-refractivity contribution in [3.05, 3.63) is 59.2 Å². The number of rotatable bonds is 8. The second-order valence-electron chi connectivity index (χ2n) is 8.69. The Balaban J connectivity index is 1.71. The molecule has 2 aromatic rings. The van der Waals surface area contributed by atoms with Crippen molar-refractivity contribution >= 4 is 27.5 Å². The fraction of sp³-hybridized carbons (Fsp3) is 0.440.